The summed E-state index contributed by atoms with van der Waals surface area (Å²) in [6.45, 7) is 0. The fourth-order valence-electron chi connectivity index (χ4n) is 4.64. The minimum atomic E-state index is -1.44. The lowest BCUT2D eigenvalue weighted by molar-refractivity contribution is -0.0844. The number of benzene rings is 2. The molecule has 3 aliphatic rings. The summed E-state index contributed by atoms with van der Waals surface area (Å²) in [5.74, 6) is 1.37. The molecule has 0 radical (unpaired) electrons. The standard InChI is InChI=1S/C20H20N2O5/c1-24-11-8-12(25-2)15-13(9-11)26-17-14(10-6-4-3-5-7-10)16-18(20(15,17)23)27-19(21)22-16/h3-9,14,16-18,23H,1-2H3,(H2,21,22)/t14-,16?,17?,18?,20-/m1/s1. The Balaban J connectivity index is 1.71. The van der Waals surface area contributed by atoms with Crippen LogP contribution in [0.1, 0.15) is 17.0 Å². The van der Waals surface area contributed by atoms with E-state index in [0.717, 1.165) is 5.56 Å². The van der Waals surface area contributed by atoms with Crippen LogP contribution in [0.2, 0.25) is 0 Å². The summed E-state index contributed by atoms with van der Waals surface area (Å²) in [4.78, 5) is 4.46. The number of nitrogens with zero attached hydrogens (tertiary/aromatic N) is 1. The molecule has 140 valence electrons. The zero-order valence-electron chi connectivity index (χ0n) is 15.0. The highest BCUT2D eigenvalue weighted by atomic mass is 16.6. The van der Waals surface area contributed by atoms with Gasteiger partial charge >= 0.3 is 0 Å². The van der Waals surface area contributed by atoms with Gasteiger partial charge in [0.15, 0.2) is 11.7 Å². The molecule has 27 heavy (non-hydrogen) atoms. The van der Waals surface area contributed by atoms with Gasteiger partial charge in [-0.2, -0.15) is 0 Å². The van der Waals surface area contributed by atoms with E-state index in [1.807, 2.05) is 30.3 Å². The van der Waals surface area contributed by atoms with E-state index in [1.54, 1.807) is 26.4 Å². The summed E-state index contributed by atoms with van der Waals surface area (Å²) in [5.41, 5.74) is 5.98. The third-order valence-corrected chi connectivity index (χ3v) is 5.73. The highest BCUT2D eigenvalue weighted by Crippen LogP contribution is 2.61. The molecule has 7 heteroatoms. The first-order valence-electron chi connectivity index (χ1n) is 8.78. The molecule has 0 spiro atoms. The van der Waals surface area contributed by atoms with E-state index in [2.05, 4.69) is 4.99 Å². The third kappa shape index (κ3) is 2.03. The molecule has 3 N–H and O–H groups in total. The number of amidine groups is 1. The van der Waals surface area contributed by atoms with Gasteiger partial charge in [-0.05, 0) is 5.56 Å². The first-order valence-corrected chi connectivity index (χ1v) is 8.78. The second-order valence-electron chi connectivity index (χ2n) is 7.00. The molecule has 2 aromatic rings. The number of fused-ring (bicyclic) bond motifs is 5. The monoisotopic (exact) mass is 368 g/mol. The largest absolute Gasteiger partial charge is 0.496 e. The van der Waals surface area contributed by atoms with Crippen molar-refractivity contribution in [3.8, 4) is 17.2 Å². The molecule has 0 bridgehead atoms. The SMILES string of the molecule is COc1cc(OC)c2c(c1)OC1[C@H](c3ccccc3)C3N=C(N)OC3[C@@]21O. The predicted octanol–water partition coefficient (Wildman–Crippen LogP) is 1.53. The van der Waals surface area contributed by atoms with Gasteiger partial charge in [-0.25, -0.2) is 4.99 Å². The summed E-state index contributed by atoms with van der Waals surface area (Å²) < 4.78 is 22.9. The number of nitrogens with two attached hydrogens (primary N) is 1. The van der Waals surface area contributed by atoms with Gasteiger partial charge in [0.05, 0.1) is 25.7 Å². The van der Waals surface area contributed by atoms with Gasteiger partial charge in [-0.1, -0.05) is 30.3 Å². The van der Waals surface area contributed by atoms with Crippen LogP contribution in [0.25, 0.3) is 0 Å². The highest BCUT2D eigenvalue weighted by molar-refractivity contribution is 5.75. The normalized spacial score (nSPS) is 32.6. The first kappa shape index (κ1) is 16.3. The van der Waals surface area contributed by atoms with Gasteiger partial charge in [0.1, 0.15) is 29.4 Å². The van der Waals surface area contributed by atoms with Crippen LogP contribution in [-0.4, -0.2) is 43.6 Å². The Morgan fingerprint density at radius 3 is 2.56 bits per heavy atom. The van der Waals surface area contributed by atoms with Crippen LogP contribution >= 0.6 is 0 Å². The molecule has 2 aromatic carbocycles. The van der Waals surface area contributed by atoms with Crippen LogP contribution in [0.3, 0.4) is 0 Å². The summed E-state index contributed by atoms with van der Waals surface area (Å²) in [5, 5.41) is 11.9. The van der Waals surface area contributed by atoms with Gasteiger partial charge in [0.25, 0.3) is 6.02 Å². The summed E-state index contributed by atoms with van der Waals surface area (Å²) in [7, 11) is 3.12. The molecule has 3 unspecified atom stereocenters. The topological polar surface area (TPSA) is 95.5 Å². The Morgan fingerprint density at radius 1 is 1.07 bits per heavy atom. The van der Waals surface area contributed by atoms with Crippen molar-refractivity contribution in [2.75, 3.05) is 14.2 Å². The molecule has 2 aliphatic heterocycles. The second-order valence-corrected chi connectivity index (χ2v) is 7.00. The number of rotatable bonds is 3. The minimum absolute atomic E-state index is 0.0822. The van der Waals surface area contributed by atoms with Crippen molar-refractivity contribution < 1.29 is 24.1 Å². The van der Waals surface area contributed by atoms with Gasteiger partial charge in [0, 0.05) is 12.1 Å². The molecular formula is C20H20N2O5. The van der Waals surface area contributed by atoms with Crippen molar-refractivity contribution in [2.24, 2.45) is 10.7 Å². The van der Waals surface area contributed by atoms with Crippen molar-refractivity contribution in [1.82, 2.24) is 0 Å². The Hall–Kier alpha value is -2.93. The molecule has 1 saturated carbocycles. The number of aliphatic imine (C=N–C) groups is 1. The zero-order chi connectivity index (χ0) is 18.8. The van der Waals surface area contributed by atoms with Gasteiger partial charge in [-0.15, -0.1) is 0 Å². The number of methoxy groups -OCH3 is 2. The molecule has 0 aromatic heterocycles. The number of aliphatic hydroxyl groups is 1. The maximum atomic E-state index is 11.9. The van der Waals surface area contributed by atoms with E-state index < -0.39 is 17.8 Å². The Bertz CT molecular complexity index is 931. The maximum absolute atomic E-state index is 11.9. The van der Waals surface area contributed by atoms with Crippen molar-refractivity contribution in [2.45, 2.75) is 29.8 Å². The van der Waals surface area contributed by atoms with Crippen LogP contribution in [0.4, 0.5) is 0 Å². The summed E-state index contributed by atoms with van der Waals surface area (Å²) in [6, 6.07) is 13.1. The van der Waals surface area contributed by atoms with Gasteiger partial charge in [-0.3, -0.25) is 0 Å². The zero-order valence-corrected chi connectivity index (χ0v) is 15.0. The van der Waals surface area contributed by atoms with E-state index >= 15 is 0 Å². The summed E-state index contributed by atoms with van der Waals surface area (Å²) in [6.07, 6.45) is -1.24. The molecule has 1 fully saturated rings. The van der Waals surface area contributed by atoms with Crippen molar-refractivity contribution in [1.29, 1.82) is 0 Å². The molecule has 5 rings (SSSR count). The van der Waals surface area contributed by atoms with Crippen molar-refractivity contribution >= 4 is 6.02 Å². The molecule has 0 saturated heterocycles. The average molecular weight is 368 g/mol. The molecule has 2 heterocycles. The van der Waals surface area contributed by atoms with E-state index in [-0.39, 0.29) is 18.0 Å². The van der Waals surface area contributed by atoms with Crippen LogP contribution in [0.5, 0.6) is 17.2 Å². The first-order chi connectivity index (χ1) is 13.1. The number of hydrogen-bond donors (Lipinski definition) is 2. The fraction of sp³-hybridized carbons (Fsp3) is 0.350. The lowest BCUT2D eigenvalue weighted by Gasteiger charge is -2.28. The van der Waals surface area contributed by atoms with E-state index in [4.69, 9.17) is 24.7 Å². The van der Waals surface area contributed by atoms with E-state index in [9.17, 15) is 5.11 Å². The molecule has 0 amide bonds. The quantitative estimate of drug-likeness (QED) is 0.853. The number of ether oxygens (including phenoxy) is 4. The summed E-state index contributed by atoms with van der Waals surface area (Å²) >= 11 is 0. The van der Waals surface area contributed by atoms with Gasteiger partial charge in [0.2, 0.25) is 0 Å². The van der Waals surface area contributed by atoms with Crippen LogP contribution < -0.4 is 19.9 Å². The van der Waals surface area contributed by atoms with Crippen molar-refractivity contribution in [3.63, 3.8) is 0 Å². The molecular weight excluding hydrogens is 348 g/mol. The maximum Gasteiger partial charge on any atom is 0.282 e. The lowest BCUT2D eigenvalue weighted by atomic mass is 9.86. The Labute approximate surface area is 156 Å². The third-order valence-electron chi connectivity index (χ3n) is 5.73. The van der Waals surface area contributed by atoms with Crippen LogP contribution in [0.15, 0.2) is 47.5 Å². The smallest absolute Gasteiger partial charge is 0.282 e. The Kier molecular flexibility index (Phi) is 3.33. The Morgan fingerprint density at radius 2 is 1.85 bits per heavy atom. The molecule has 1 aliphatic carbocycles. The number of hydrogen-bond acceptors (Lipinski definition) is 7. The second kappa shape index (κ2) is 5.53. The van der Waals surface area contributed by atoms with Crippen LogP contribution in [0, 0.1) is 0 Å². The lowest BCUT2D eigenvalue weighted by Crippen LogP contribution is -2.45. The van der Waals surface area contributed by atoms with Crippen molar-refractivity contribution in [3.05, 3.63) is 53.6 Å². The highest BCUT2D eigenvalue weighted by Gasteiger charge is 2.70. The molecule has 5 atom stereocenters. The van der Waals surface area contributed by atoms with Gasteiger partial charge < -0.3 is 29.8 Å². The fourth-order valence-corrected chi connectivity index (χ4v) is 4.64. The van der Waals surface area contributed by atoms with Crippen LogP contribution in [-0.2, 0) is 10.3 Å². The predicted molar refractivity (Wildman–Crippen MR) is 97.3 cm³/mol. The van der Waals surface area contributed by atoms with E-state index in [1.165, 1.54) is 0 Å². The molecule has 7 nitrogen and oxygen atoms in total. The minimum Gasteiger partial charge on any atom is -0.496 e. The van der Waals surface area contributed by atoms with E-state index in [0.29, 0.717) is 22.8 Å². The average Bonchev–Trinajstić information content (AvgIpc) is 3.27.